The maximum atomic E-state index is 12.3. The predicted molar refractivity (Wildman–Crippen MR) is 101 cm³/mol. The zero-order chi connectivity index (χ0) is 20.7. The zero-order valence-corrected chi connectivity index (χ0v) is 15.7. The van der Waals surface area contributed by atoms with Crippen molar-refractivity contribution in [3.63, 3.8) is 0 Å². The lowest BCUT2D eigenvalue weighted by atomic mass is 9.82. The Morgan fingerprint density at radius 1 is 1.31 bits per heavy atom. The average molecular weight is 399 g/mol. The van der Waals surface area contributed by atoms with Gasteiger partial charge in [0.15, 0.2) is 0 Å². The number of carboxylic acids is 1. The molecule has 1 saturated heterocycles. The van der Waals surface area contributed by atoms with Gasteiger partial charge in [0.05, 0.1) is 18.1 Å². The van der Waals surface area contributed by atoms with E-state index in [-0.39, 0.29) is 23.8 Å². The van der Waals surface area contributed by atoms with E-state index in [0.29, 0.717) is 29.7 Å². The minimum atomic E-state index is -1.18. The van der Waals surface area contributed by atoms with Crippen LogP contribution in [0.5, 0.6) is 5.75 Å². The van der Waals surface area contributed by atoms with Crippen molar-refractivity contribution in [2.24, 2.45) is 5.92 Å². The SMILES string of the molecule is C[C@@H](O)[C@H]1C(=O)N2C(C(=O)O)=C(c3ccc(OC(=O)NC4CC=CN4)cc3)C[C@H]12. The van der Waals surface area contributed by atoms with Gasteiger partial charge in [-0.15, -0.1) is 0 Å². The molecule has 29 heavy (non-hydrogen) atoms. The summed E-state index contributed by atoms with van der Waals surface area (Å²) in [5, 5.41) is 25.1. The van der Waals surface area contributed by atoms with Crippen LogP contribution in [0.2, 0.25) is 0 Å². The summed E-state index contributed by atoms with van der Waals surface area (Å²) in [6.45, 7) is 1.53. The second-order valence-electron chi connectivity index (χ2n) is 7.29. The largest absolute Gasteiger partial charge is 0.477 e. The van der Waals surface area contributed by atoms with Gasteiger partial charge in [0.25, 0.3) is 0 Å². The highest BCUT2D eigenvalue weighted by molar-refractivity contribution is 6.06. The Hall–Kier alpha value is -3.33. The average Bonchev–Trinajstić information content (AvgIpc) is 3.27. The van der Waals surface area contributed by atoms with Gasteiger partial charge < -0.3 is 30.5 Å². The number of nitrogens with one attached hydrogen (secondary N) is 2. The molecule has 0 spiro atoms. The van der Waals surface area contributed by atoms with Crippen molar-refractivity contribution in [1.29, 1.82) is 0 Å². The van der Waals surface area contributed by atoms with E-state index in [1.807, 2.05) is 6.08 Å². The number of hydrogen-bond acceptors (Lipinski definition) is 6. The maximum absolute atomic E-state index is 12.3. The number of carbonyl (C=O) groups is 3. The number of amides is 2. The molecule has 4 N–H and O–H groups in total. The number of nitrogens with zero attached hydrogens (tertiary/aromatic N) is 1. The highest BCUT2D eigenvalue weighted by Crippen LogP contribution is 2.47. The Morgan fingerprint density at radius 2 is 2.03 bits per heavy atom. The van der Waals surface area contributed by atoms with Gasteiger partial charge in [0.2, 0.25) is 5.91 Å². The van der Waals surface area contributed by atoms with Crippen LogP contribution in [0.4, 0.5) is 4.79 Å². The lowest BCUT2D eigenvalue weighted by Crippen LogP contribution is -2.61. The molecule has 0 saturated carbocycles. The summed E-state index contributed by atoms with van der Waals surface area (Å²) in [6, 6.07) is 6.11. The first-order valence-corrected chi connectivity index (χ1v) is 9.34. The number of fused-ring (bicyclic) bond motifs is 1. The summed E-state index contributed by atoms with van der Waals surface area (Å²) in [5.41, 5.74) is 1.10. The van der Waals surface area contributed by atoms with E-state index in [1.165, 1.54) is 11.8 Å². The Labute approximate surface area is 166 Å². The third-order valence-electron chi connectivity index (χ3n) is 5.42. The van der Waals surface area contributed by atoms with Crippen molar-refractivity contribution in [3.05, 3.63) is 47.8 Å². The molecular weight excluding hydrogens is 378 g/mol. The Balaban J connectivity index is 1.49. The number of aliphatic carboxylic acids is 1. The van der Waals surface area contributed by atoms with Crippen LogP contribution in [-0.4, -0.2) is 51.4 Å². The van der Waals surface area contributed by atoms with E-state index in [2.05, 4.69) is 10.6 Å². The smallest absolute Gasteiger partial charge is 0.414 e. The standard InChI is InChI=1S/C20H21N3O6/c1-10(24)16-14-9-13(17(19(26)27)23(14)18(16)25)11-4-6-12(7-5-11)29-20(28)22-15-3-2-8-21-15/h2,4-8,10,14-16,21,24H,3,9H2,1H3,(H,22,28)(H,26,27)/t10-,14-,15?,16-/m1/s1. The molecule has 1 fully saturated rings. The molecule has 152 valence electrons. The summed E-state index contributed by atoms with van der Waals surface area (Å²) < 4.78 is 5.24. The number of aliphatic hydroxyl groups is 1. The highest BCUT2D eigenvalue weighted by atomic mass is 16.6. The first-order chi connectivity index (χ1) is 13.9. The van der Waals surface area contributed by atoms with E-state index in [4.69, 9.17) is 4.74 Å². The van der Waals surface area contributed by atoms with Gasteiger partial charge in [-0.3, -0.25) is 4.79 Å². The number of β-lactam (4-membered cyclic amide) rings is 1. The van der Waals surface area contributed by atoms with Crippen LogP contribution >= 0.6 is 0 Å². The predicted octanol–water partition coefficient (Wildman–Crippen LogP) is 1.02. The molecule has 3 aliphatic rings. The van der Waals surface area contributed by atoms with Crippen LogP contribution in [-0.2, 0) is 9.59 Å². The normalized spacial score (nSPS) is 25.9. The molecular formula is C20H21N3O6. The summed E-state index contributed by atoms with van der Waals surface area (Å²) in [6.07, 6.45) is 3.04. The first-order valence-electron chi connectivity index (χ1n) is 9.34. The molecule has 4 rings (SSSR count). The number of carboxylic acid groups (broad SMARTS) is 1. The number of benzene rings is 1. The Morgan fingerprint density at radius 3 is 2.62 bits per heavy atom. The molecule has 0 aromatic heterocycles. The van der Waals surface area contributed by atoms with Crippen molar-refractivity contribution in [2.75, 3.05) is 0 Å². The topological polar surface area (TPSA) is 128 Å². The van der Waals surface area contributed by atoms with E-state index >= 15 is 0 Å². The molecule has 1 aromatic carbocycles. The van der Waals surface area contributed by atoms with Crippen LogP contribution in [0.25, 0.3) is 5.57 Å². The second kappa shape index (κ2) is 7.25. The molecule has 0 radical (unpaired) electrons. The molecule has 3 aliphatic heterocycles. The molecule has 9 heteroatoms. The summed E-state index contributed by atoms with van der Waals surface area (Å²) in [4.78, 5) is 37.2. The number of ether oxygens (including phenoxy) is 1. The van der Waals surface area contributed by atoms with Gasteiger partial charge in [-0.2, -0.15) is 0 Å². The lowest BCUT2D eigenvalue weighted by Gasteiger charge is -2.44. The van der Waals surface area contributed by atoms with E-state index in [1.54, 1.807) is 30.5 Å². The van der Waals surface area contributed by atoms with Crippen molar-refractivity contribution >= 4 is 23.5 Å². The zero-order valence-electron chi connectivity index (χ0n) is 15.7. The molecule has 4 atom stereocenters. The number of carbonyl (C=O) groups excluding carboxylic acids is 2. The fourth-order valence-electron chi connectivity index (χ4n) is 4.09. The maximum Gasteiger partial charge on any atom is 0.414 e. The van der Waals surface area contributed by atoms with Crippen LogP contribution in [0.3, 0.4) is 0 Å². The number of aliphatic hydroxyl groups excluding tert-OH is 1. The van der Waals surface area contributed by atoms with E-state index < -0.39 is 24.1 Å². The Kier molecular flexibility index (Phi) is 4.75. The first kappa shape index (κ1) is 19.0. The van der Waals surface area contributed by atoms with Crippen LogP contribution in [0.1, 0.15) is 25.3 Å². The van der Waals surface area contributed by atoms with Gasteiger partial charge in [-0.05, 0) is 42.8 Å². The van der Waals surface area contributed by atoms with Gasteiger partial charge in [0.1, 0.15) is 17.6 Å². The Bertz CT molecular complexity index is 913. The summed E-state index contributed by atoms with van der Waals surface area (Å²) in [7, 11) is 0. The van der Waals surface area contributed by atoms with Crippen LogP contribution in [0.15, 0.2) is 42.2 Å². The molecule has 0 bridgehead atoms. The molecule has 2 amide bonds. The third-order valence-corrected chi connectivity index (χ3v) is 5.42. The second-order valence-corrected chi connectivity index (χ2v) is 7.29. The molecule has 3 heterocycles. The van der Waals surface area contributed by atoms with Gasteiger partial charge in [-0.25, -0.2) is 9.59 Å². The number of rotatable bonds is 5. The fraction of sp³-hybridized carbons (Fsp3) is 0.350. The van der Waals surface area contributed by atoms with Gasteiger partial charge in [0, 0.05) is 6.42 Å². The monoisotopic (exact) mass is 399 g/mol. The fourth-order valence-corrected chi connectivity index (χ4v) is 4.09. The third kappa shape index (κ3) is 3.33. The lowest BCUT2D eigenvalue weighted by molar-refractivity contribution is -0.161. The van der Waals surface area contributed by atoms with Crippen molar-refractivity contribution in [3.8, 4) is 5.75 Å². The van der Waals surface area contributed by atoms with E-state index in [9.17, 15) is 24.6 Å². The van der Waals surface area contributed by atoms with Crippen LogP contribution < -0.4 is 15.4 Å². The van der Waals surface area contributed by atoms with Crippen molar-refractivity contribution in [2.45, 2.75) is 38.1 Å². The summed E-state index contributed by atoms with van der Waals surface area (Å²) in [5.74, 6) is -1.83. The number of hydrogen-bond donors (Lipinski definition) is 4. The highest BCUT2D eigenvalue weighted by Gasteiger charge is 2.56. The summed E-state index contributed by atoms with van der Waals surface area (Å²) >= 11 is 0. The molecule has 9 nitrogen and oxygen atoms in total. The quantitative estimate of drug-likeness (QED) is 0.544. The minimum Gasteiger partial charge on any atom is -0.477 e. The molecule has 1 aromatic rings. The molecule has 1 unspecified atom stereocenters. The van der Waals surface area contributed by atoms with Crippen molar-refractivity contribution in [1.82, 2.24) is 15.5 Å². The van der Waals surface area contributed by atoms with Crippen molar-refractivity contribution < 1.29 is 29.3 Å². The van der Waals surface area contributed by atoms with E-state index in [0.717, 1.165) is 0 Å². The van der Waals surface area contributed by atoms with Crippen LogP contribution in [0, 0.1) is 5.92 Å². The molecule has 0 aliphatic carbocycles. The van der Waals surface area contributed by atoms with Gasteiger partial charge >= 0.3 is 12.1 Å². The minimum absolute atomic E-state index is 0.0527. The van der Waals surface area contributed by atoms with Gasteiger partial charge in [-0.1, -0.05) is 18.2 Å².